The minimum absolute atomic E-state index is 0.488. The lowest BCUT2D eigenvalue weighted by Gasteiger charge is -2.13. The molecule has 104 valence electrons. The molecule has 0 bridgehead atoms. The molecule has 0 saturated heterocycles. The molecular weight excluding hydrogens is 266 g/mol. The first-order valence-electron chi connectivity index (χ1n) is 6.95. The lowest BCUT2D eigenvalue weighted by atomic mass is 10.1. The Morgan fingerprint density at radius 1 is 1.20 bits per heavy atom. The number of benzene rings is 2. The van der Waals surface area contributed by atoms with Crippen LogP contribution in [-0.4, -0.2) is 19.4 Å². The average Bonchev–Trinajstić information content (AvgIpc) is 2.91. The average molecular weight is 285 g/mol. The summed E-state index contributed by atoms with van der Waals surface area (Å²) in [4.78, 5) is 1.42. The molecule has 1 atom stereocenters. The van der Waals surface area contributed by atoms with Crippen LogP contribution < -0.4 is 10.1 Å². The summed E-state index contributed by atoms with van der Waals surface area (Å²) in [6.07, 6.45) is 1.03. The maximum Gasteiger partial charge on any atom is 0.119 e. The van der Waals surface area contributed by atoms with Gasteiger partial charge in [0.15, 0.2) is 0 Å². The van der Waals surface area contributed by atoms with Crippen LogP contribution in [0.1, 0.15) is 17.2 Å². The number of fused-ring (bicyclic) bond motifs is 1. The van der Waals surface area contributed by atoms with Crippen molar-refractivity contribution < 1.29 is 4.74 Å². The number of thioether (sulfide) groups is 1. The molecule has 0 amide bonds. The highest BCUT2D eigenvalue weighted by Crippen LogP contribution is 2.37. The van der Waals surface area contributed by atoms with Gasteiger partial charge in [-0.15, -0.1) is 11.8 Å². The molecule has 1 aliphatic rings. The fourth-order valence-electron chi connectivity index (χ4n) is 2.55. The topological polar surface area (TPSA) is 21.3 Å². The highest BCUT2D eigenvalue weighted by atomic mass is 32.2. The summed E-state index contributed by atoms with van der Waals surface area (Å²) in [6.45, 7) is 0.993. The van der Waals surface area contributed by atoms with E-state index in [0.29, 0.717) is 6.04 Å². The summed E-state index contributed by atoms with van der Waals surface area (Å²) in [6, 6.07) is 17.5. The molecule has 2 aromatic carbocycles. The number of nitrogens with one attached hydrogen (secondary N) is 1. The standard InChI is InChI=1S/C17H19NOS/c1-19-14-6-4-5-13(11-14)9-10-18-16-12-20-17-8-3-2-7-15(16)17/h2-8,11,16,18H,9-10,12H2,1H3. The molecule has 3 rings (SSSR count). The Bertz CT molecular complexity index is 585. The van der Waals surface area contributed by atoms with Crippen LogP contribution in [0.15, 0.2) is 53.4 Å². The molecule has 1 aliphatic heterocycles. The van der Waals surface area contributed by atoms with E-state index in [0.717, 1.165) is 24.5 Å². The van der Waals surface area contributed by atoms with Crippen LogP contribution in [0.25, 0.3) is 0 Å². The molecule has 2 nitrogen and oxygen atoms in total. The third kappa shape index (κ3) is 3.00. The minimum atomic E-state index is 0.488. The lowest BCUT2D eigenvalue weighted by molar-refractivity contribution is 0.414. The summed E-state index contributed by atoms with van der Waals surface area (Å²) in [5, 5.41) is 3.66. The van der Waals surface area contributed by atoms with E-state index >= 15 is 0 Å². The molecule has 2 aromatic rings. The van der Waals surface area contributed by atoms with E-state index in [4.69, 9.17) is 4.74 Å². The van der Waals surface area contributed by atoms with Crippen LogP contribution in [-0.2, 0) is 6.42 Å². The molecule has 0 spiro atoms. The monoisotopic (exact) mass is 285 g/mol. The summed E-state index contributed by atoms with van der Waals surface area (Å²) in [7, 11) is 1.71. The molecule has 1 heterocycles. The van der Waals surface area contributed by atoms with Gasteiger partial charge < -0.3 is 10.1 Å². The Labute approximate surface area is 124 Å². The van der Waals surface area contributed by atoms with Crippen molar-refractivity contribution in [3.63, 3.8) is 0 Å². The van der Waals surface area contributed by atoms with Crippen LogP contribution in [0.2, 0.25) is 0 Å². The SMILES string of the molecule is COc1cccc(CCNC2CSc3ccccc32)c1. The number of hydrogen-bond acceptors (Lipinski definition) is 3. The van der Waals surface area contributed by atoms with Gasteiger partial charge in [0.1, 0.15) is 5.75 Å². The molecule has 0 aliphatic carbocycles. The first-order chi connectivity index (χ1) is 9.86. The van der Waals surface area contributed by atoms with E-state index in [1.807, 2.05) is 17.8 Å². The maximum absolute atomic E-state index is 5.26. The second kappa shape index (κ2) is 6.33. The third-order valence-electron chi connectivity index (χ3n) is 3.64. The van der Waals surface area contributed by atoms with E-state index in [9.17, 15) is 0 Å². The number of ether oxygens (including phenoxy) is 1. The van der Waals surface area contributed by atoms with Gasteiger partial charge >= 0.3 is 0 Å². The normalized spacial score (nSPS) is 16.9. The first kappa shape index (κ1) is 13.5. The second-order valence-corrected chi connectivity index (χ2v) is 6.02. The van der Waals surface area contributed by atoms with Crippen molar-refractivity contribution in [2.24, 2.45) is 0 Å². The molecule has 1 unspecified atom stereocenters. The fraction of sp³-hybridized carbons (Fsp3) is 0.294. The zero-order chi connectivity index (χ0) is 13.8. The summed E-state index contributed by atoms with van der Waals surface area (Å²) in [5.41, 5.74) is 2.76. The number of rotatable bonds is 5. The summed E-state index contributed by atoms with van der Waals surface area (Å²) >= 11 is 1.95. The van der Waals surface area contributed by atoms with E-state index in [2.05, 4.69) is 47.8 Å². The van der Waals surface area contributed by atoms with Crippen molar-refractivity contribution >= 4 is 11.8 Å². The van der Waals surface area contributed by atoms with Gasteiger partial charge in [-0.1, -0.05) is 30.3 Å². The van der Waals surface area contributed by atoms with Crippen molar-refractivity contribution in [2.45, 2.75) is 17.4 Å². The Kier molecular flexibility index (Phi) is 4.28. The Hall–Kier alpha value is -1.45. The lowest BCUT2D eigenvalue weighted by Crippen LogP contribution is -2.23. The van der Waals surface area contributed by atoms with E-state index in [1.54, 1.807) is 7.11 Å². The second-order valence-electron chi connectivity index (χ2n) is 4.96. The molecule has 0 saturated carbocycles. The molecule has 20 heavy (non-hydrogen) atoms. The fourth-order valence-corrected chi connectivity index (χ4v) is 3.75. The Balaban J connectivity index is 1.56. The summed E-state index contributed by atoms with van der Waals surface area (Å²) < 4.78 is 5.26. The van der Waals surface area contributed by atoms with Gasteiger partial charge in [0.2, 0.25) is 0 Å². The van der Waals surface area contributed by atoms with Crippen LogP contribution in [0.5, 0.6) is 5.75 Å². The van der Waals surface area contributed by atoms with E-state index in [-0.39, 0.29) is 0 Å². The van der Waals surface area contributed by atoms with Crippen LogP contribution in [0, 0.1) is 0 Å². The van der Waals surface area contributed by atoms with Crippen molar-refractivity contribution in [3.05, 3.63) is 59.7 Å². The quantitative estimate of drug-likeness (QED) is 0.905. The predicted octanol–water partition coefficient (Wildman–Crippen LogP) is 3.67. The van der Waals surface area contributed by atoms with Gasteiger partial charge in [-0.05, 0) is 42.3 Å². The van der Waals surface area contributed by atoms with Crippen LogP contribution in [0.3, 0.4) is 0 Å². The van der Waals surface area contributed by atoms with Crippen molar-refractivity contribution in [1.29, 1.82) is 0 Å². The van der Waals surface area contributed by atoms with Crippen LogP contribution >= 0.6 is 11.8 Å². The first-order valence-corrected chi connectivity index (χ1v) is 7.93. The van der Waals surface area contributed by atoms with E-state index in [1.165, 1.54) is 16.0 Å². The highest BCUT2D eigenvalue weighted by molar-refractivity contribution is 7.99. The third-order valence-corrected chi connectivity index (χ3v) is 4.82. The molecule has 3 heteroatoms. The maximum atomic E-state index is 5.26. The minimum Gasteiger partial charge on any atom is -0.497 e. The molecule has 0 fully saturated rings. The highest BCUT2D eigenvalue weighted by Gasteiger charge is 2.21. The van der Waals surface area contributed by atoms with Crippen molar-refractivity contribution in [2.75, 3.05) is 19.4 Å². The molecule has 0 radical (unpaired) electrons. The van der Waals surface area contributed by atoms with E-state index < -0.39 is 0 Å². The predicted molar refractivity (Wildman–Crippen MR) is 84.6 cm³/mol. The molecule has 1 N–H and O–H groups in total. The van der Waals surface area contributed by atoms with Gasteiger partial charge in [-0.2, -0.15) is 0 Å². The smallest absolute Gasteiger partial charge is 0.119 e. The van der Waals surface area contributed by atoms with Crippen molar-refractivity contribution in [3.8, 4) is 5.75 Å². The largest absolute Gasteiger partial charge is 0.497 e. The Morgan fingerprint density at radius 3 is 3.00 bits per heavy atom. The van der Waals surface area contributed by atoms with Crippen molar-refractivity contribution in [1.82, 2.24) is 5.32 Å². The zero-order valence-corrected chi connectivity index (χ0v) is 12.5. The van der Waals surface area contributed by atoms with Gasteiger partial charge in [0, 0.05) is 16.7 Å². The molecular formula is C17H19NOS. The Morgan fingerprint density at radius 2 is 2.10 bits per heavy atom. The van der Waals surface area contributed by atoms with Crippen LogP contribution in [0.4, 0.5) is 0 Å². The van der Waals surface area contributed by atoms with Gasteiger partial charge in [0.05, 0.1) is 7.11 Å². The molecule has 0 aromatic heterocycles. The van der Waals surface area contributed by atoms with Gasteiger partial charge in [-0.3, -0.25) is 0 Å². The van der Waals surface area contributed by atoms with Gasteiger partial charge in [0.25, 0.3) is 0 Å². The van der Waals surface area contributed by atoms with Gasteiger partial charge in [-0.25, -0.2) is 0 Å². The number of hydrogen-bond donors (Lipinski definition) is 1. The zero-order valence-electron chi connectivity index (χ0n) is 11.6. The number of methoxy groups -OCH3 is 1. The summed E-state index contributed by atoms with van der Waals surface area (Å²) in [5.74, 6) is 2.07.